The number of amides is 1. The van der Waals surface area contributed by atoms with Crippen molar-refractivity contribution >= 4 is 11.9 Å². The molecule has 13 heavy (non-hydrogen) atoms. The fourth-order valence-corrected chi connectivity index (χ4v) is 1.30. The van der Waals surface area contributed by atoms with Gasteiger partial charge in [0.15, 0.2) is 0 Å². The van der Waals surface area contributed by atoms with Gasteiger partial charge in [0.1, 0.15) is 0 Å². The molecular weight excluding hydrogens is 174 g/mol. The zero-order valence-corrected chi connectivity index (χ0v) is 7.52. The van der Waals surface area contributed by atoms with Crippen LogP contribution in [0.3, 0.4) is 0 Å². The lowest BCUT2D eigenvalue weighted by Gasteiger charge is -2.19. The molecule has 0 aromatic heterocycles. The second-order valence-electron chi connectivity index (χ2n) is 3.24. The molecule has 5 heteroatoms. The Morgan fingerprint density at radius 2 is 2.23 bits per heavy atom. The number of carbonyl (C=O) groups excluding carboxylic acids is 1. The van der Waals surface area contributed by atoms with Crippen LogP contribution in [0.15, 0.2) is 0 Å². The Labute approximate surface area is 76.3 Å². The Kier molecular flexibility index (Phi) is 3.25. The zero-order chi connectivity index (χ0) is 9.84. The van der Waals surface area contributed by atoms with Crippen LogP contribution in [0.2, 0.25) is 0 Å². The molecule has 0 aliphatic carbocycles. The van der Waals surface area contributed by atoms with Crippen molar-refractivity contribution in [1.82, 2.24) is 4.90 Å². The van der Waals surface area contributed by atoms with E-state index in [-0.39, 0.29) is 5.92 Å². The number of carboxylic acid groups (broad SMARTS) is 1. The van der Waals surface area contributed by atoms with Crippen LogP contribution in [0.5, 0.6) is 0 Å². The van der Waals surface area contributed by atoms with Gasteiger partial charge >= 0.3 is 11.9 Å². The minimum absolute atomic E-state index is 0.200. The summed E-state index contributed by atoms with van der Waals surface area (Å²) < 4.78 is 5.18. The normalized spacial score (nSPS) is 23.8. The predicted octanol–water partition coefficient (Wildman–Crippen LogP) is -0.434. The number of ether oxygens (including phenoxy) is 1. The topological polar surface area (TPSA) is 66.8 Å². The predicted molar refractivity (Wildman–Crippen MR) is 44.2 cm³/mol. The second-order valence-corrected chi connectivity index (χ2v) is 3.24. The van der Waals surface area contributed by atoms with Crippen LogP contribution in [0.1, 0.15) is 6.92 Å². The molecule has 1 unspecified atom stereocenters. The monoisotopic (exact) mass is 187 g/mol. The van der Waals surface area contributed by atoms with Crippen molar-refractivity contribution in [3.63, 3.8) is 0 Å². The molecule has 1 fully saturated rings. The number of hydrogen-bond donors (Lipinski definition) is 1. The van der Waals surface area contributed by atoms with E-state index in [1.807, 2.05) is 6.92 Å². The Bertz CT molecular complexity index is 216. The summed E-state index contributed by atoms with van der Waals surface area (Å²) in [5.41, 5.74) is 0. The van der Waals surface area contributed by atoms with Crippen LogP contribution in [-0.4, -0.2) is 48.2 Å². The van der Waals surface area contributed by atoms with Crippen molar-refractivity contribution in [1.29, 1.82) is 0 Å². The van der Waals surface area contributed by atoms with Crippen LogP contribution < -0.4 is 0 Å². The van der Waals surface area contributed by atoms with Gasteiger partial charge in [-0.05, 0) is 5.92 Å². The molecule has 0 aromatic rings. The molecule has 0 spiro atoms. The van der Waals surface area contributed by atoms with Gasteiger partial charge in [0, 0.05) is 13.1 Å². The summed E-state index contributed by atoms with van der Waals surface area (Å²) >= 11 is 0. The van der Waals surface area contributed by atoms with Crippen molar-refractivity contribution in [2.75, 3.05) is 26.3 Å². The largest absolute Gasteiger partial charge is 0.474 e. The van der Waals surface area contributed by atoms with Crippen LogP contribution in [0.25, 0.3) is 0 Å². The highest BCUT2D eigenvalue weighted by atomic mass is 16.5. The lowest BCUT2D eigenvalue weighted by molar-refractivity contribution is -0.156. The fraction of sp³-hybridized carbons (Fsp3) is 0.750. The van der Waals surface area contributed by atoms with Gasteiger partial charge in [-0.15, -0.1) is 0 Å². The third-order valence-electron chi connectivity index (χ3n) is 1.91. The highest BCUT2D eigenvalue weighted by Crippen LogP contribution is 2.05. The standard InChI is InChI=1S/C8H13NO4/c1-6-4-9(2-3-13-5-6)7(10)8(11)12/h6H,2-5H2,1H3,(H,11,12). The van der Waals surface area contributed by atoms with E-state index in [1.165, 1.54) is 4.90 Å². The van der Waals surface area contributed by atoms with E-state index in [0.29, 0.717) is 26.3 Å². The molecule has 0 saturated carbocycles. The molecule has 1 heterocycles. The summed E-state index contributed by atoms with van der Waals surface area (Å²) in [4.78, 5) is 22.8. The van der Waals surface area contributed by atoms with Crippen LogP contribution in [-0.2, 0) is 14.3 Å². The zero-order valence-electron chi connectivity index (χ0n) is 7.52. The number of hydrogen-bond acceptors (Lipinski definition) is 3. The smallest absolute Gasteiger partial charge is 0.394 e. The molecule has 1 rings (SSSR count). The van der Waals surface area contributed by atoms with Crippen LogP contribution in [0, 0.1) is 5.92 Å². The van der Waals surface area contributed by atoms with E-state index in [0.717, 1.165) is 0 Å². The van der Waals surface area contributed by atoms with E-state index in [4.69, 9.17) is 9.84 Å². The lowest BCUT2D eigenvalue weighted by Crippen LogP contribution is -2.39. The van der Waals surface area contributed by atoms with E-state index >= 15 is 0 Å². The first kappa shape index (κ1) is 9.98. The van der Waals surface area contributed by atoms with Gasteiger partial charge in [0.25, 0.3) is 0 Å². The quantitative estimate of drug-likeness (QED) is 0.522. The minimum atomic E-state index is -1.39. The average molecular weight is 187 g/mol. The molecule has 0 bridgehead atoms. The number of nitrogens with zero attached hydrogens (tertiary/aromatic N) is 1. The highest BCUT2D eigenvalue weighted by molar-refractivity contribution is 6.31. The van der Waals surface area contributed by atoms with Crippen molar-refractivity contribution in [2.24, 2.45) is 5.92 Å². The molecule has 1 atom stereocenters. The Hall–Kier alpha value is -1.10. The first-order chi connectivity index (χ1) is 6.11. The molecule has 74 valence electrons. The summed E-state index contributed by atoms with van der Waals surface area (Å²) in [6.07, 6.45) is 0. The third kappa shape index (κ3) is 2.69. The molecule has 1 aliphatic rings. The average Bonchev–Trinajstić information content (AvgIpc) is 2.28. The second kappa shape index (κ2) is 4.23. The Morgan fingerprint density at radius 3 is 2.85 bits per heavy atom. The van der Waals surface area contributed by atoms with E-state index in [2.05, 4.69) is 0 Å². The minimum Gasteiger partial charge on any atom is -0.474 e. The molecule has 0 radical (unpaired) electrons. The van der Waals surface area contributed by atoms with Crippen molar-refractivity contribution in [3.8, 4) is 0 Å². The molecular formula is C8H13NO4. The van der Waals surface area contributed by atoms with Gasteiger partial charge in [-0.2, -0.15) is 0 Å². The van der Waals surface area contributed by atoms with Gasteiger partial charge in [-0.1, -0.05) is 6.92 Å². The molecule has 1 saturated heterocycles. The maximum Gasteiger partial charge on any atom is 0.394 e. The molecule has 1 amide bonds. The van der Waals surface area contributed by atoms with Gasteiger partial charge in [0.2, 0.25) is 0 Å². The van der Waals surface area contributed by atoms with Crippen LogP contribution in [0.4, 0.5) is 0 Å². The SMILES string of the molecule is CC1COCCN(C(=O)C(=O)O)C1. The van der Waals surface area contributed by atoms with Crippen molar-refractivity contribution in [3.05, 3.63) is 0 Å². The lowest BCUT2D eigenvalue weighted by atomic mass is 10.2. The van der Waals surface area contributed by atoms with Crippen LogP contribution >= 0.6 is 0 Å². The summed E-state index contributed by atoms with van der Waals surface area (Å²) in [5.74, 6) is -2.03. The maximum absolute atomic E-state index is 11.1. The van der Waals surface area contributed by atoms with E-state index < -0.39 is 11.9 Å². The third-order valence-corrected chi connectivity index (χ3v) is 1.91. The molecule has 1 N–H and O–H groups in total. The number of rotatable bonds is 0. The molecule has 5 nitrogen and oxygen atoms in total. The van der Waals surface area contributed by atoms with Crippen molar-refractivity contribution in [2.45, 2.75) is 6.92 Å². The summed E-state index contributed by atoms with van der Waals surface area (Å²) in [5, 5.41) is 8.48. The van der Waals surface area contributed by atoms with Gasteiger partial charge in [0.05, 0.1) is 13.2 Å². The summed E-state index contributed by atoms with van der Waals surface area (Å²) in [7, 11) is 0. The van der Waals surface area contributed by atoms with Crippen molar-refractivity contribution < 1.29 is 19.4 Å². The molecule has 0 aromatic carbocycles. The van der Waals surface area contributed by atoms with E-state index in [9.17, 15) is 9.59 Å². The van der Waals surface area contributed by atoms with E-state index in [1.54, 1.807) is 0 Å². The van der Waals surface area contributed by atoms with Gasteiger partial charge in [-0.3, -0.25) is 4.79 Å². The summed E-state index contributed by atoms with van der Waals surface area (Å²) in [6.45, 7) is 3.76. The Balaban J connectivity index is 2.57. The van der Waals surface area contributed by atoms with Gasteiger partial charge < -0.3 is 14.7 Å². The first-order valence-electron chi connectivity index (χ1n) is 4.21. The summed E-state index contributed by atoms with van der Waals surface area (Å²) in [6, 6.07) is 0. The first-order valence-corrected chi connectivity index (χ1v) is 4.21. The number of carboxylic acids is 1. The Morgan fingerprint density at radius 1 is 1.54 bits per heavy atom. The fourth-order valence-electron chi connectivity index (χ4n) is 1.30. The maximum atomic E-state index is 11.1. The number of carbonyl (C=O) groups is 2. The molecule has 1 aliphatic heterocycles. The van der Waals surface area contributed by atoms with Gasteiger partial charge in [-0.25, -0.2) is 4.79 Å². The highest BCUT2D eigenvalue weighted by Gasteiger charge is 2.24. The number of aliphatic carboxylic acids is 1.